The second-order valence-electron chi connectivity index (χ2n) is 11.2. The molecule has 260 valence electrons. The molecule has 0 spiro atoms. The quantitative estimate of drug-likeness (QED) is 0.0657. The number of para-hydroxylation sites is 2. The van der Waals surface area contributed by atoms with E-state index in [0.717, 1.165) is 56.9 Å². The minimum atomic E-state index is -4.92. The molecular formula is C36H42CaO10S2. The molecule has 0 aliphatic carbocycles. The summed E-state index contributed by atoms with van der Waals surface area (Å²) in [5.74, 6) is -0.807. The molecule has 13 heteroatoms. The van der Waals surface area contributed by atoms with Crippen LogP contribution in [0.3, 0.4) is 0 Å². The predicted octanol–water partition coefficient (Wildman–Crippen LogP) is 7.75. The van der Waals surface area contributed by atoms with Crippen molar-refractivity contribution in [2.45, 2.75) is 87.8 Å². The van der Waals surface area contributed by atoms with Crippen molar-refractivity contribution in [3.8, 4) is 34.5 Å². The first-order chi connectivity index (χ1) is 22.8. The third kappa shape index (κ3) is 14.1. The van der Waals surface area contributed by atoms with Gasteiger partial charge in [0.05, 0.1) is 4.90 Å². The first-order valence-corrected chi connectivity index (χ1v) is 18.8. The Hall–Kier alpha value is -2.84. The minimum absolute atomic E-state index is 0. The van der Waals surface area contributed by atoms with Gasteiger partial charge in [-0.1, -0.05) is 101 Å². The van der Waals surface area contributed by atoms with Gasteiger partial charge in [-0.3, -0.25) is 4.55 Å². The summed E-state index contributed by atoms with van der Waals surface area (Å²) >= 11 is 0. The molecule has 4 aromatic carbocycles. The number of benzene rings is 4. The Morgan fingerprint density at radius 2 is 1.06 bits per heavy atom. The molecule has 0 bridgehead atoms. The SMILES string of the molecule is CCCCCCc1cc(O)c(S(=O)(=O)O)c(Oc2ccccc2)c1.CCCCCCc1cc([O-])c(S(=O)(=O)[O-])c(Oc2ccccc2)c1.[Ca+2]. The summed E-state index contributed by atoms with van der Waals surface area (Å²) in [7, 11) is -9.52. The number of phenolic OH excluding ortho intramolecular Hbond substituents is 1. The number of hydrogen-bond acceptors (Lipinski definition) is 9. The van der Waals surface area contributed by atoms with Gasteiger partial charge in [-0.25, -0.2) is 8.42 Å². The number of phenols is 1. The van der Waals surface area contributed by atoms with E-state index in [0.29, 0.717) is 29.9 Å². The van der Waals surface area contributed by atoms with Crippen molar-refractivity contribution in [3.05, 3.63) is 96.1 Å². The zero-order chi connectivity index (χ0) is 35.2. The van der Waals surface area contributed by atoms with Crippen LogP contribution in [0.4, 0.5) is 0 Å². The third-order valence-corrected chi connectivity index (χ3v) is 9.09. The van der Waals surface area contributed by atoms with Crippen LogP contribution >= 0.6 is 0 Å². The second-order valence-corrected chi connectivity index (χ2v) is 13.9. The van der Waals surface area contributed by atoms with Gasteiger partial charge in [0.15, 0.2) is 10.6 Å². The van der Waals surface area contributed by atoms with Gasteiger partial charge in [-0.05, 0) is 79.3 Å². The molecule has 0 aliphatic rings. The molecule has 0 heterocycles. The fraction of sp³-hybridized carbons (Fsp3) is 0.333. The molecule has 10 nitrogen and oxygen atoms in total. The number of aryl methyl sites for hydroxylation is 2. The van der Waals surface area contributed by atoms with Crippen LogP contribution in [0.2, 0.25) is 0 Å². The number of unbranched alkanes of at least 4 members (excludes halogenated alkanes) is 6. The molecule has 0 atom stereocenters. The van der Waals surface area contributed by atoms with E-state index in [9.17, 15) is 36.2 Å². The number of rotatable bonds is 16. The maximum absolute atomic E-state index is 12.1. The Morgan fingerprint density at radius 3 is 1.47 bits per heavy atom. The van der Waals surface area contributed by atoms with E-state index in [2.05, 4.69) is 13.8 Å². The van der Waals surface area contributed by atoms with Crippen LogP contribution in [0, 0.1) is 0 Å². The second kappa shape index (κ2) is 20.7. The average Bonchev–Trinajstić information content (AvgIpc) is 3.01. The molecule has 0 fully saturated rings. The Bertz CT molecular complexity index is 1680. The zero-order valence-electron chi connectivity index (χ0n) is 27.8. The van der Waals surface area contributed by atoms with Gasteiger partial charge in [-0.15, -0.1) is 0 Å². The molecule has 4 aromatic rings. The largest absolute Gasteiger partial charge is 2.00 e. The maximum atomic E-state index is 12.1. The van der Waals surface area contributed by atoms with E-state index in [1.165, 1.54) is 18.2 Å². The van der Waals surface area contributed by atoms with E-state index >= 15 is 0 Å². The number of aromatic hydroxyl groups is 1. The summed E-state index contributed by atoms with van der Waals surface area (Å²) in [6, 6.07) is 22.7. The van der Waals surface area contributed by atoms with Crippen LogP contribution in [0.15, 0.2) is 94.7 Å². The average molecular weight is 739 g/mol. The summed E-state index contributed by atoms with van der Waals surface area (Å²) in [4.78, 5) is -1.44. The third-order valence-electron chi connectivity index (χ3n) is 7.26. The van der Waals surface area contributed by atoms with Gasteiger partial charge >= 0.3 is 47.9 Å². The smallest absolute Gasteiger partial charge is 0.872 e. The van der Waals surface area contributed by atoms with E-state index < -0.39 is 41.5 Å². The molecule has 2 N–H and O–H groups in total. The van der Waals surface area contributed by atoms with Crippen molar-refractivity contribution in [1.82, 2.24) is 0 Å². The summed E-state index contributed by atoms with van der Waals surface area (Å²) in [6.07, 6.45) is 9.70. The molecule has 0 saturated carbocycles. The molecule has 49 heavy (non-hydrogen) atoms. The fourth-order valence-corrected chi connectivity index (χ4v) is 6.29. The van der Waals surface area contributed by atoms with Crippen LogP contribution < -0.4 is 14.6 Å². The summed E-state index contributed by atoms with van der Waals surface area (Å²) < 4.78 is 78.0. The van der Waals surface area contributed by atoms with Crippen molar-refractivity contribution >= 4 is 58.0 Å². The van der Waals surface area contributed by atoms with Gasteiger partial charge in [0, 0.05) is 0 Å². The van der Waals surface area contributed by atoms with Crippen molar-refractivity contribution in [3.63, 3.8) is 0 Å². The van der Waals surface area contributed by atoms with Crippen LogP contribution in [0.5, 0.6) is 34.5 Å². The van der Waals surface area contributed by atoms with E-state index in [-0.39, 0.29) is 49.2 Å². The molecule has 4 rings (SSSR count). The number of hydrogen-bond donors (Lipinski definition) is 2. The number of ether oxygens (including phenoxy) is 2. The minimum Gasteiger partial charge on any atom is -0.872 e. The summed E-state index contributed by atoms with van der Waals surface area (Å²) in [5.41, 5.74) is 1.44. The molecular weight excluding hydrogens is 697 g/mol. The summed E-state index contributed by atoms with van der Waals surface area (Å²) in [5, 5.41) is 22.2. The standard InChI is InChI=1S/2C18H22O5S.Ca/c2*1-2-3-4-6-9-14-12-16(19)18(24(20,21)22)17(13-14)23-15-10-7-5-8-11-15;/h2*5,7-8,10-13,19H,2-4,6,9H2,1H3,(H,20,21,22);/q;;+2/p-2. The van der Waals surface area contributed by atoms with Crippen LogP contribution in [-0.2, 0) is 33.1 Å². The Kier molecular flexibility index (Phi) is 17.9. The van der Waals surface area contributed by atoms with Gasteiger partial charge in [0.1, 0.15) is 33.1 Å². The van der Waals surface area contributed by atoms with Crippen molar-refractivity contribution in [1.29, 1.82) is 0 Å². The maximum Gasteiger partial charge on any atom is 2.00 e. The van der Waals surface area contributed by atoms with Crippen molar-refractivity contribution < 1.29 is 45.6 Å². The van der Waals surface area contributed by atoms with E-state index in [1.807, 2.05) is 0 Å². The Morgan fingerprint density at radius 1 is 0.633 bits per heavy atom. The van der Waals surface area contributed by atoms with E-state index in [4.69, 9.17) is 9.47 Å². The fourth-order valence-electron chi connectivity index (χ4n) is 4.96. The zero-order valence-corrected chi connectivity index (χ0v) is 31.7. The van der Waals surface area contributed by atoms with E-state index in [1.54, 1.807) is 66.7 Å². The van der Waals surface area contributed by atoms with Crippen molar-refractivity contribution in [2.75, 3.05) is 0 Å². The van der Waals surface area contributed by atoms with Gasteiger partial charge in [0.2, 0.25) is 0 Å². The predicted molar refractivity (Wildman–Crippen MR) is 186 cm³/mol. The molecule has 0 aromatic heterocycles. The molecule has 0 amide bonds. The van der Waals surface area contributed by atoms with Crippen LogP contribution in [0.1, 0.15) is 76.3 Å². The van der Waals surface area contributed by atoms with Crippen LogP contribution in [0.25, 0.3) is 0 Å². The molecule has 0 saturated heterocycles. The van der Waals surface area contributed by atoms with Gasteiger partial charge in [0.25, 0.3) is 0 Å². The molecule has 0 aliphatic heterocycles. The normalized spacial score (nSPS) is 11.2. The Labute approximate surface area is 319 Å². The topological polar surface area (TPSA) is 173 Å². The monoisotopic (exact) mass is 738 g/mol. The van der Waals surface area contributed by atoms with Gasteiger partial charge in [-0.2, -0.15) is 8.42 Å². The van der Waals surface area contributed by atoms with Crippen molar-refractivity contribution in [2.24, 2.45) is 0 Å². The first-order valence-electron chi connectivity index (χ1n) is 15.9. The first kappa shape index (κ1) is 42.3. The molecule has 0 unspecified atom stereocenters. The van der Waals surface area contributed by atoms with Crippen LogP contribution in [-0.4, -0.2) is 68.8 Å². The summed E-state index contributed by atoms with van der Waals surface area (Å²) in [6.45, 7) is 4.23. The van der Waals surface area contributed by atoms with Gasteiger partial charge < -0.3 is 24.2 Å². The molecule has 0 radical (unpaired) electrons. The Balaban J connectivity index is 0.000000333.